The molecule has 0 saturated heterocycles. The van der Waals surface area contributed by atoms with Crippen LogP contribution < -0.4 is 5.73 Å². The molecule has 0 aliphatic rings. The van der Waals surface area contributed by atoms with E-state index in [1.54, 1.807) is 4.90 Å². The third-order valence-corrected chi connectivity index (χ3v) is 2.68. The van der Waals surface area contributed by atoms with Gasteiger partial charge in [0, 0.05) is 19.6 Å². The first kappa shape index (κ1) is 14.5. The van der Waals surface area contributed by atoms with Crippen molar-refractivity contribution in [2.45, 2.75) is 40.0 Å². The zero-order valence-electron chi connectivity index (χ0n) is 11.3. The number of ether oxygens (including phenoxy) is 1. The first-order valence-electron chi connectivity index (χ1n) is 6.30. The van der Waals surface area contributed by atoms with Crippen LogP contribution in [0.2, 0.25) is 0 Å². The average molecular weight is 250 g/mol. The highest BCUT2D eigenvalue weighted by Gasteiger charge is 2.15. The summed E-state index contributed by atoms with van der Waals surface area (Å²) >= 11 is 0. The quantitative estimate of drug-likeness (QED) is 0.873. The zero-order valence-corrected chi connectivity index (χ0v) is 11.3. The molecule has 0 atom stereocenters. The molecule has 18 heavy (non-hydrogen) atoms. The molecule has 0 fully saturated rings. The number of carbonyl (C=O) groups is 1. The summed E-state index contributed by atoms with van der Waals surface area (Å²) in [7, 11) is 0. The number of rotatable bonds is 5. The van der Waals surface area contributed by atoms with Crippen LogP contribution in [0, 0.1) is 0 Å². The van der Waals surface area contributed by atoms with E-state index in [1.165, 1.54) is 0 Å². The van der Waals surface area contributed by atoms with Gasteiger partial charge in [0.1, 0.15) is 0 Å². The third-order valence-electron chi connectivity index (χ3n) is 2.68. The molecule has 100 valence electrons. The highest BCUT2D eigenvalue weighted by Crippen LogP contribution is 2.12. The van der Waals surface area contributed by atoms with E-state index in [-0.39, 0.29) is 12.2 Å². The summed E-state index contributed by atoms with van der Waals surface area (Å²) in [6, 6.07) is 7.88. The minimum absolute atomic E-state index is 0.101. The van der Waals surface area contributed by atoms with Gasteiger partial charge in [-0.15, -0.1) is 0 Å². The van der Waals surface area contributed by atoms with Gasteiger partial charge in [0.25, 0.3) is 0 Å². The first-order valence-corrected chi connectivity index (χ1v) is 6.30. The highest BCUT2D eigenvalue weighted by atomic mass is 16.6. The van der Waals surface area contributed by atoms with Crippen LogP contribution in [0.5, 0.6) is 0 Å². The van der Waals surface area contributed by atoms with Gasteiger partial charge in [-0.1, -0.05) is 24.3 Å². The SMILES string of the molecule is CCN(Cc1ccccc1CN)C(=O)OC(C)C. The van der Waals surface area contributed by atoms with Gasteiger partial charge in [-0.2, -0.15) is 0 Å². The minimum atomic E-state index is -0.278. The molecule has 1 aromatic rings. The molecule has 2 N–H and O–H groups in total. The Kier molecular flexibility index (Phi) is 5.65. The number of hydrogen-bond acceptors (Lipinski definition) is 3. The molecule has 1 aromatic carbocycles. The van der Waals surface area contributed by atoms with Gasteiger partial charge in [0.15, 0.2) is 0 Å². The van der Waals surface area contributed by atoms with Crippen molar-refractivity contribution in [2.24, 2.45) is 5.73 Å². The lowest BCUT2D eigenvalue weighted by molar-refractivity contribution is 0.0761. The first-order chi connectivity index (χ1) is 8.58. The molecule has 0 aromatic heterocycles. The van der Waals surface area contributed by atoms with E-state index in [9.17, 15) is 4.79 Å². The number of nitrogens with two attached hydrogens (primary N) is 1. The third kappa shape index (κ3) is 4.04. The van der Waals surface area contributed by atoms with Crippen molar-refractivity contribution in [1.29, 1.82) is 0 Å². The van der Waals surface area contributed by atoms with Crippen LogP contribution in [0.4, 0.5) is 4.79 Å². The van der Waals surface area contributed by atoms with Crippen LogP contribution in [-0.4, -0.2) is 23.6 Å². The molecule has 1 amide bonds. The molecule has 0 spiro atoms. The molecule has 0 heterocycles. The number of benzene rings is 1. The lowest BCUT2D eigenvalue weighted by Gasteiger charge is -2.22. The van der Waals surface area contributed by atoms with Crippen LogP contribution in [-0.2, 0) is 17.8 Å². The second-order valence-electron chi connectivity index (χ2n) is 4.42. The Balaban J connectivity index is 2.76. The van der Waals surface area contributed by atoms with Crippen molar-refractivity contribution < 1.29 is 9.53 Å². The number of hydrogen-bond donors (Lipinski definition) is 1. The second-order valence-corrected chi connectivity index (χ2v) is 4.42. The van der Waals surface area contributed by atoms with Gasteiger partial charge in [0.05, 0.1) is 6.10 Å². The highest BCUT2D eigenvalue weighted by molar-refractivity contribution is 5.67. The van der Waals surface area contributed by atoms with E-state index in [2.05, 4.69) is 0 Å². The van der Waals surface area contributed by atoms with E-state index >= 15 is 0 Å². The van der Waals surface area contributed by atoms with Crippen LogP contribution in [0.3, 0.4) is 0 Å². The Hall–Kier alpha value is -1.55. The van der Waals surface area contributed by atoms with E-state index < -0.39 is 0 Å². The van der Waals surface area contributed by atoms with Crippen molar-refractivity contribution in [2.75, 3.05) is 6.54 Å². The van der Waals surface area contributed by atoms with Crippen molar-refractivity contribution in [3.63, 3.8) is 0 Å². The second kappa shape index (κ2) is 7.01. The van der Waals surface area contributed by atoms with Crippen LogP contribution in [0.1, 0.15) is 31.9 Å². The molecule has 0 bridgehead atoms. The zero-order chi connectivity index (χ0) is 13.5. The number of nitrogens with zero attached hydrogens (tertiary/aromatic N) is 1. The molecule has 0 saturated carbocycles. The van der Waals surface area contributed by atoms with Crippen molar-refractivity contribution in [3.05, 3.63) is 35.4 Å². The molecular formula is C14H22N2O2. The Morgan fingerprint density at radius 2 is 1.94 bits per heavy atom. The number of amides is 1. The van der Waals surface area contributed by atoms with Crippen LogP contribution >= 0.6 is 0 Å². The summed E-state index contributed by atoms with van der Waals surface area (Å²) < 4.78 is 5.20. The summed E-state index contributed by atoms with van der Waals surface area (Å²) in [5, 5.41) is 0. The molecular weight excluding hydrogens is 228 g/mol. The molecule has 0 unspecified atom stereocenters. The van der Waals surface area contributed by atoms with Gasteiger partial charge in [-0.05, 0) is 31.9 Å². The fourth-order valence-electron chi connectivity index (χ4n) is 1.70. The van der Waals surface area contributed by atoms with Crippen molar-refractivity contribution >= 4 is 6.09 Å². The normalized spacial score (nSPS) is 10.5. The van der Waals surface area contributed by atoms with Gasteiger partial charge in [-0.3, -0.25) is 0 Å². The van der Waals surface area contributed by atoms with E-state index in [0.717, 1.165) is 11.1 Å². The van der Waals surface area contributed by atoms with Gasteiger partial charge in [-0.25, -0.2) is 4.79 Å². The van der Waals surface area contributed by atoms with Gasteiger partial charge < -0.3 is 15.4 Å². The minimum Gasteiger partial charge on any atom is -0.447 e. The Morgan fingerprint density at radius 1 is 1.33 bits per heavy atom. The fraction of sp³-hybridized carbons (Fsp3) is 0.500. The topological polar surface area (TPSA) is 55.6 Å². The molecule has 1 rings (SSSR count). The largest absolute Gasteiger partial charge is 0.447 e. The van der Waals surface area contributed by atoms with Gasteiger partial charge in [0.2, 0.25) is 0 Å². The summed E-state index contributed by atoms with van der Waals surface area (Å²) in [4.78, 5) is 13.5. The molecule has 4 heteroatoms. The van der Waals surface area contributed by atoms with Gasteiger partial charge >= 0.3 is 6.09 Å². The lowest BCUT2D eigenvalue weighted by Crippen LogP contribution is -2.33. The van der Waals surface area contributed by atoms with E-state index in [4.69, 9.17) is 10.5 Å². The molecule has 0 aliphatic carbocycles. The maximum atomic E-state index is 11.9. The summed E-state index contributed by atoms with van der Waals surface area (Å²) in [5.74, 6) is 0. The maximum absolute atomic E-state index is 11.9. The van der Waals surface area contributed by atoms with Crippen LogP contribution in [0.25, 0.3) is 0 Å². The fourth-order valence-corrected chi connectivity index (χ4v) is 1.70. The number of carbonyl (C=O) groups excluding carboxylic acids is 1. The molecule has 0 aliphatic heterocycles. The van der Waals surface area contributed by atoms with Crippen molar-refractivity contribution in [1.82, 2.24) is 4.90 Å². The predicted molar refractivity (Wildman–Crippen MR) is 72.0 cm³/mol. The monoisotopic (exact) mass is 250 g/mol. The Morgan fingerprint density at radius 3 is 2.44 bits per heavy atom. The molecule has 4 nitrogen and oxygen atoms in total. The summed E-state index contributed by atoms with van der Waals surface area (Å²) in [6.07, 6.45) is -0.379. The summed E-state index contributed by atoms with van der Waals surface area (Å²) in [5.41, 5.74) is 7.83. The predicted octanol–water partition coefficient (Wildman–Crippen LogP) is 2.51. The van der Waals surface area contributed by atoms with Crippen LogP contribution in [0.15, 0.2) is 24.3 Å². The van der Waals surface area contributed by atoms with E-state index in [0.29, 0.717) is 19.6 Å². The molecule has 0 radical (unpaired) electrons. The van der Waals surface area contributed by atoms with Crippen molar-refractivity contribution in [3.8, 4) is 0 Å². The standard InChI is InChI=1S/C14H22N2O2/c1-4-16(14(17)18-11(2)3)10-13-8-6-5-7-12(13)9-15/h5-8,11H,4,9-10,15H2,1-3H3. The van der Waals surface area contributed by atoms with E-state index in [1.807, 2.05) is 45.0 Å². The average Bonchev–Trinajstić information content (AvgIpc) is 2.35. The Labute approximate surface area is 109 Å². The maximum Gasteiger partial charge on any atom is 0.410 e. The Bertz CT molecular complexity index is 391. The smallest absolute Gasteiger partial charge is 0.410 e. The lowest BCUT2D eigenvalue weighted by atomic mass is 10.1. The summed E-state index contributed by atoms with van der Waals surface area (Å²) in [6.45, 7) is 7.26.